The van der Waals surface area contributed by atoms with Gasteiger partial charge in [-0.2, -0.15) is 0 Å². The molecule has 0 atom stereocenters. The monoisotopic (exact) mass is 808 g/mol. The van der Waals surface area contributed by atoms with E-state index in [9.17, 15) is 0 Å². The predicted molar refractivity (Wildman–Crippen MR) is 260 cm³/mol. The van der Waals surface area contributed by atoms with Crippen LogP contribution in [0.5, 0.6) is 0 Å². The molecular formula is C57H36N4S. The summed E-state index contributed by atoms with van der Waals surface area (Å²) in [6, 6.07) is 77.4. The molecule has 3 heterocycles. The minimum absolute atomic E-state index is 0.633. The molecule has 0 amide bonds. The van der Waals surface area contributed by atoms with Crippen molar-refractivity contribution in [3.05, 3.63) is 218 Å². The Morgan fingerprint density at radius 2 is 0.823 bits per heavy atom. The molecule has 290 valence electrons. The van der Waals surface area contributed by atoms with Crippen LogP contribution in [0, 0.1) is 0 Å². The first-order valence-corrected chi connectivity index (χ1v) is 21.7. The van der Waals surface area contributed by atoms with E-state index in [4.69, 9.17) is 15.0 Å². The quantitative estimate of drug-likeness (QED) is 0.161. The van der Waals surface area contributed by atoms with Crippen molar-refractivity contribution in [3.63, 3.8) is 0 Å². The van der Waals surface area contributed by atoms with Crippen LogP contribution in [0.25, 0.3) is 115 Å². The molecule has 0 aliphatic rings. The van der Waals surface area contributed by atoms with E-state index in [1.54, 1.807) is 0 Å². The Hall–Kier alpha value is -7.99. The number of aromatic nitrogens is 4. The normalized spacial score (nSPS) is 11.5. The smallest absolute Gasteiger partial charge is 0.164 e. The molecule has 4 nitrogen and oxygen atoms in total. The summed E-state index contributed by atoms with van der Waals surface area (Å²) < 4.78 is 4.89. The highest BCUT2D eigenvalue weighted by Gasteiger charge is 2.20. The van der Waals surface area contributed by atoms with Gasteiger partial charge in [-0.3, -0.25) is 0 Å². The van der Waals surface area contributed by atoms with Gasteiger partial charge in [0, 0.05) is 53.3 Å². The van der Waals surface area contributed by atoms with Gasteiger partial charge in [0.05, 0.1) is 11.0 Å². The number of thiophene rings is 1. The lowest BCUT2D eigenvalue weighted by molar-refractivity contribution is 1.08. The van der Waals surface area contributed by atoms with E-state index in [-0.39, 0.29) is 0 Å². The average molecular weight is 809 g/mol. The number of hydrogen-bond acceptors (Lipinski definition) is 4. The van der Waals surface area contributed by atoms with E-state index in [0.717, 1.165) is 49.7 Å². The minimum atomic E-state index is 0.633. The van der Waals surface area contributed by atoms with Gasteiger partial charge in [0.15, 0.2) is 17.5 Å². The summed E-state index contributed by atoms with van der Waals surface area (Å²) >= 11 is 1.85. The van der Waals surface area contributed by atoms with Crippen LogP contribution in [0.15, 0.2) is 218 Å². The summed E-state index contributed by atoms with van der Waals surface area (Å²) in [5, 5.41) is 4.81. The molecule has 0 bridgehead atoms. The summed E-state index contributed by atoms with van der Waals surface area (Å²) in [5.74, 6) is 1.91. The standard InChI is InChI=1S/C57H36N4S/c1-4-14-37(15-5-1)38-26-28-39(29-27-38)43-34-35-52-49(36-43)46-22-12-21-45(54(46)62-52)40-30-32-42(33-31-40)56-58-55(41-16-6-2-7-17-41)59-57(60-56)48-23-13-25-51-53(48)47-20-10-11-24-50(47)61(51)44-18-8-3-9-19-44/h1-36H. The van der Waals surface area contributed by atoms with E-state index in [2.05, 4.69) is 205 Å². The van der Waals surface area contributed by atoms with Gasteiger partial charge in [-0.25, -0.2) is 15.0 Å². The summed E-state index contributed by atoms with van der Waals surface area (Å²) in [6.45, 7) is 0. The van der Waals surface area contributed by atoms with E-state index in [1.165, 1.54) is 48.0 Å². The van der Waals surface area contributed by atoms with Crippen molar-refractivity contribution in [2.24, 2.45) is 0 Å². The summed E-state index contributed by atoms with van der Waals surface area (Å²) in [5.41, 5.74) is 13.4. The fourth-order valence-corrected chi connectivity index (χ4v) is 10.1. The SMILES string of the molecule is c1ccc(-c2ccc(-c3ccc4sc5c(-c6ccc(-c7nc(-c8ccccc8)nc(-c8cccc9c8c8ccccc8n9-c8ccccc8)n7)cc6)cccc5c4c3)cc2)cc1. The Balaban J connectivity index is 0.938. The van der Waals surface area contributed by atoms with E-state index >= 15 is 0 Å². The summed E-state index contributed by atoms with van der Waals surface area (Å²) in [7, 11) is 0. The zero-order chi connectivity index (χ0) is 41.0. The molecule has 0 N–H and O–H groups in total. The topological polar surface area (TPSA) is 43.6 Å². The second kappa shape index (κ2) is 14.9. The number of nitrogens with zero attached hydrogens (tertiary/aromatic N) is 4. The van der Waals surface area contributed by atoms with Crippen molar-refractivity contribution in [2.45, 2.75) is 0 Å². The first kappa shape index (κ1) is 35.9. The Morgan fingerprint density at radius 1 is 0.323 bits per heavy atom. The lowest BCUT2D eigenvalue weighted by Crippen LogP contribution is -2.00. The van der Waals surface area contributed by atoms with Gasteiger partial charge in [-0.15, -0.1) is 11.3 Å². The fraction of sp³-hybridized carbons (Fsp3) is 0. The van der Waals surface area contributed by atoms with Crippen LogP contribution in [0.2, 0.25) is 0 Å². The van der Waals surface area contributed by atoms with Gasteiger partial charge in [0.25, 0.3) is 0 Å². The van der Waals surface area contributed by atoms with Crippen molar-refractivity contribution >= 4 is 53.3 Å². The number of fused-ring (bicyclic) bond motifs is 6. The maximum absolute atomic E-state index is 5.24. The van der Waals surface area contributed by atoms with Crippen molar-refractivity contribution in [3.8, 4) is 73.2 Å². The molecule has 0 unspecified atom stereocenters. The molecule has 0 aliphatic heterocycles. The average Bonchev–Trinajstić information content (AvgIpc) is 3.90. The van der Waals surface area contributed by atoms with Crippen LogP contribution in [0.1, 0.15) is 0 Å². The third-order valence-electron chi connectivity index (χ3n) is 11.9. The van der Waals surface area contributed by atoms with Crippen molar-refractivity contribution in [2.75, 3.05) is 0 Å². The van der Waals surface area contributed by atoms with Gasteiger partial charge in [0.2, 0.25) is 0 Å². The molecule has 12 rings (SSSR count). The van der Waals surface area contributed by atoms with E-state index in [0.29, 0.717) is 17.5 Å². The molecule has 0 saturated carbocycles. The molecule has 12 aromatic rings. The van der Waals surface area contributed by atoms with E-state index < -0.39 is 0 Å². The Bertz CT molecular complexity index is 3590. The zero-order valence-electron chi connectivity index (χ0n) is 33.5. The van der Waals surface area contributed by atoms with Crippen LogP contribution < -0.4 is 0 Å². The van der Waals surface area contributed by atoms with Gasteiger partial charge < -0.3 is 4.57 Å². The van der Waals surface area contributed by atoms with Crippen LogP contribution in [0.4, 0.5) is 0 Å². The zero-order valence-corrected chi connectivity index (χ0v) is 34.3. The molecule has 3 aromatic heterocycles. The van der Waals surface area contributed by atoms with Gasteiger partial charge in [0.1, 0.15) is 0 Å². The number of rotatable bonds is 7. The summed E-state index contributed by atoms with van der Waals surface area (Å²) in [6.07, 6.45) is 0. The molecule has 62 heavy (non-hydrogen) atoms. The Kier molecular flexibility index (Phi) is 8.65. The van der Waals surface area contributed by atoms with E-state index in [1.807, 2.05) is 29.5 Å². The third kappa shape index (κ3) is 6.18. The molecule has 0 fully saturated rings. The maximum atomic E-state index is 5.24. The first-order chi connectivity index (χ1) is 30.7. The lowest BCUT2D eigenvalue weighted by atomic mass is 9.98. The van der Waals surface area contributed by atoms with Crippen molar-refractivity contribution < 1.29 is 0 Å². The van der Waals surface area contributed by atoms with Gasteiger partial charge in [-0.05, 0) is 69.8 Å². The number of benzene rings is 9. The van der Waals surface area contributed by atoms with Gasteiger partial charge in [-0.1, -0.05) is 182 Å². The minimum Gasteiger partial charge on any atom is -0.309 e. The molecule has 0 aliphatic carbocycles. The van der Waals surface area contributed by atoms with Crippen LogP contribution in [0.3, 0.4) is 0 Å². The maximum Gasteiger partial charge on any atom is 0.164 e. The highest BCUT2D eigenvalue weighted by atomic mass is 32.1. The number of para-hydroxylation sites is 2. The van der Waals surface area contributed by atoms with Crippen LogP contribution in [-0.4, -0.2) is 19.5 Å². The van der Waals surface area contributed by atoms with Crippen molar-refractivity contribution in [1.82, 2.24) is 19.5 Å². The Labute approximate surface area is 362 Å². The molecule has 9 aromatic carbocycles. The van der Waals surface area contributed by atoms with Crippen LogP contribution in [-0.2, 0) is 0 Å². The van der Waals surface area contributed by atoms with Crippen LogP contribution >= 0.6 is 11.3 Å². The largest absolute Gasteiger partial charge is 0.309 e. The number of hydrogen-bond donors (Lipinski definition) is 0. The van der Waals surface area contributed by atoms with Gasteiger partial charge >= 0.3 is 0 Å². The Morgan fingerprint density at radius 3 is 1.56 bits per heavy atom. The highest BCUT2D eigenvalue weighted by molar-refractivity contribution is 7.26. The highest BCUT2D eigenvalue weighted by Crippen LogP contribution is 2.43. The summed E-state index contributed by atoms with van der Waals surface area (Å²) in [4.78, 5) is 15.5. The second-order valence-corrected chi connectivity index (χ2v) is 16.6. The molecular weight excluding hydrogens is 773 g/mol. The molecule has 5 heteroatoms. The second-order valence-electron chi connectivity index (χ2n) is 15.6. The van der Waals surface area contributed by atoms with Crippen molar-refractivity contribution in [1.29, 1.82) is 0 Å². The fourth-order valence-electron chi connectivity index (χ4n) is 8.89. The molecule has 0 spiro atoms. The lowest BCUT2D eigenvalue weighted by Gasteiger charge is -2.11. The molecule has 0 saturated heterocycles. The first-order valence-electron chi connectivity index (χ1n) is 20.8. The predicted octanol–water partition coefficient (Wildman–Crippen LogP) is 15.3. The molecule has 0 radical (unpaired) electrons. The third-order valence-corrected chi connectivity index (χ3v) is 13.1.